The molecule has 0 atom stereocenters. The van der Waals surface area contributed by atoms with Gasteiger partial charge in [-0.15, -0.1) is 0 Å². The van der Waals surface area contributed by atoms with Gasteiger partial charge in [0.2, 0.25) is 0 Å². The third kappa shape index (κ3) is 5.02. The van der Waals surface area contributed by atoms with Gasteiger partial charge in [-0.2, -0.15) is 0 Å². The van der Waals surface area contributed by atoms with Gasteiger partial charge in [-0.25, -0.2) is 0 Å². The van der Waals surface area contributed by atoms with Gasteiger partial charge >= 0.3 is 0 Å². The second-order valence-electron chi connectivity index (χ2n) is 5.03. The lowest BCUT2D eigenvalue weighted by atomic mass is 10.2. The number of nitrogens with one attached hydrogen (secondary N) is 1. The molecule has 112 valence electrons. The van der Waals surface area contributed by atoms with Gasteiger partial charge in [-0.3, -0.25) is 0 Å². The lowest BCUT2D eigenvalue weighted by Crippen LogP contribution is -2.16. The van der Waals surface area contributed by atoms with Crippen LogP contribution in [-0.2, 0) is 11.3 Å². The lowest BCUT2D eigenvalue weighted by Gasteiger charge is -2.13. The third-order valence-electron chi connectivity index (χ3n) is 3.33. The van der Waals surface area contributed by atoms with Gasteiger partial charge in [0.25, 0.3) is 0 Å². The molecule has 4 heteroatoms. The summed E-state index contributed by atoms with van der Waals surface area (Å²) < 4.78 is 16.5. The van der Waals surface area contributed by atoms with Crippen molar-refractivity contribution in [2.45, 2.75) is 38.8 Å². The Morgan fingerprint density at radius 2 is 2.10 bits per heavy atom. The van der Waals surface area contributed by atoms with Gasteiger partial charge in [-0.05, 0) is 25.8 Å². The molecule has 0 bridgehead atoms. The topological polar surface area (TPSA) is 39.7 Å². The maximum Gasteiger partial charge on any atom is 0.127 e. The highest BCUT2D eigenvalue weighted by Gasteiger charge is 2.20. The number of ether oxygens (including phenoxy) is 3. The van der Waals surface area contributed by atoms with Gasteiger partial charge in [0.05, 0.1) is 13.7 Å². The van der Waals surface area contributed by atoms with E-state index in [1.807, 2.05) is 19.1 Å². The van der Waals surface area contributed by atoms with E-state index in [0.717, 1.165) is 37.7 Å². The van der Waals surface area contributed by atoms with E-state index in [0.29, 0.717) is 12.6 Å². The minimum Gasteiger partial charge on any atom is -0.497 e. The van der Waals surface area contributed by atoms with Crippen molar-refractivity contribution in [3.05, 3.63) is 23.8 Å². The molecule has 0 amide bonds. The van der Waals surface area contributed by atoms with E-state index < -0.39 is 0 Å². The van der Waals surface area contributed by atoms with Crippen LogP contribution in [0.5, 0.6) is 11.5 Å². The number of methoxy groups -OCH3 is 1. The Kier molecular flexibility index (Phi) is 6.15. The molecule has 1 fully saturated rings. The Labute approximate surface area is 121 Å². The summed E-state index contributed by atoms with van der Waals surface area (Å²) in [6.45, 7) is 5.04. The first-order chi connectivity index (χ1) is 9.83. The summed E-state index contributed by atoms with van der Waals surface area (Å²) in [5, 5.41) is 3.52. The molecular weight excluding hydrogens is 254 g/mol. The minimum atomic E-state index is 0.670. The number of hydrogen-bond acceptors (Lipinski definition) is 4. The monoisotopic (exact) mass is 279 g/mol. The van der Waals surface area contributed by atoms with Gasteiger partial charge in [0.1, 0.15) is 11.5 Å². The SMILES string of the molecule is CCOCCCOc1cc(OC)ccc1CNC1CC1. The van der Waals surface area contributed by atoms with Gasteiger partial charge in [0.15, 0.2) is 0 Å². The Morgan fingerprint density at radius 3 is 2.80 bits per heavy atom. The van der Waals surface area contributed by atoms with E-state index in [9.17, 15) is 0 Å². The van der Waals surface area contributed by atoms with E-state index in [4.69, 9.17) is 14.2 Å². The molecule has 20 heavy (non-hydrogen) atoms. The van der Waals surface area contributed by atoms with E-state index >= 15 is 0 Å². The summed E-state index contributed by atoms with van der Waals surface area (Å²) in [4.78, 5) is 0. The summed E-state index contributed by atoms with van der Waals surface area (Å²) in [6.07, 6.45) is 3.49. The molecule has 1 aromatic carbocycles. The molecule has 0 aliphatic heterocycles. The van der Waals surface area contributed by atoms with Gasteiger partial charge < -0.3 is 19.5 Å². The Bertz CT molecular complexity index is 405. The van der Waals surface area contributed by atoms with E-state index in [-0.39, 0.29) is 0 Å². The predicted molar refractivity (Wildman–Crippen MR) is 79.5 cm³/mol. The zero-order chi connectivity index (χ0) is 14.2. The second kappa shape index (κ2) is 8.12. The molecule has 0 saturated heterocycles. The Balaban J connectivity index is 1.87. The Hall–Kier alpha value is -1.26. The first kappa shape index (κ1) is 15.1. The van der Waals surface area contributed by atoms with Crippen LogP contribution in [0.4, 0.5) is 0 Å². The van der Waals surface area contributed by atoms with Crippen LogP contribution in [0, 0.1) is 0 Å². The second-order valence-corrected chi connectivity index (χ2v) is 5.03. The highest BCUT2D eigenvalue weighted by Crippen LogP contribution is 2.26. The van der Waals surface area contributed by atoms with Crippen LogP contribution >= 0.6 is 0 Å². The molecule has 0 unspecified atom stereocenters. The quantitative estimate of drug-likeness (QED) is 0.669. The van der Waals surface area contributed by atoms with Crippen molar-refractivity contribution in [2.24, 2.45) is 0 Å². The molecule has 1 N–H and O–H groups in total. The third-order valence-corrected chi connectivity index (χ3v) is 3.33. The number of rotatable bonds is 10. The van der Waals surface area contributed by atoms with Crippen molar-refractivity contribution in [3.63, 3.8) is 0 Å². The molecule has 0 heterocycles. The average molecular weight is 279 g/mol. The summed E-state index contributed by atoms with van der Waals surface area (Å²) in [5.74, 6) is 1.74. The van der Waals surface area contributed by atoms with Gasteiger partial charge in [-0.1, -0.05) is 6.07 Å². The van der Waals surface area contributed by atoms with Crippen molar-refractivity contribution in [2.75, 3.05) is 26.9 Å². The first-order valence-electron chi connectivity index (χ1n) is 7.44. The summed E-state index contributed by atoms with van der Waals surface area (Å²) in [6, 6.07) is 6.72. The molecule has 4 nitrogen and oxygen atoms in total. The maximum absolute atomic E-state index is 5.88. The zero-order valence-electron chi connectivity index (χ0n) is 12.5. The number of benzene rings is 1. The van der Waals surface area contributed by atoms with E-state index in [2.05, 4.69) is 11.4 Å². The van der Waals surface area contributed by atoms with Crippen molar-refractivity contribution in [3.8, 4) is 11.5 Å². The summed E-state index contributed by atoms with van der Waals surface area (Å²) in [7, 11) is 1.68. The highest BCUT2D eigenvalue weighted by molar-refractivity contribution is 5.40. The molecule has 1 aliphatic carbocycles. The zero-order valence-corrected chi connectivity index (χ0v) is 12.5. The molecule has 0 aromatic heterocycles. The van der Waals surface area contributed by atoms with Crippen LogP contribution in [0.1, 0.15) is 31.7 Å². The summed E-state index contributed by atoms with van der Waals surface area (Å²) >= 11 is 0. The van der Waals surface area contributed by atoms with Crippen molar-refractivity contribution < 1.29 is 14.2 Å². The minimum absolute atomic E-state index is 0.670. The largest absolute Gasteiger partial charge is 0.497 e. The van der Waals surface area contributed by atoms with Crippen LogP contribution in [0.2, 0.25) is 0 Å². The van der Waals surface area contributed by atoms with Crippen molar-refractivity contribution in [1.82, 2.24) is 5.32 Å². The molecule has 1 saturated carbocycles. The maximum atomic E-state index is 5.88. The van der Waals surface area contributed by atoms with Gasteiger partial charge in [0, 0.05) is 43.9 Å². The Morgan fingerprint density at radius 1 is 1.25 bits per heavy atom. The molecule has 0 radical (unpaired) electrons. The van der Waals surface area contributed by atoms with Crippen LogP contribution < -0.4 is 14.8 Å². The average Bonchev–Trinajstić information content (AvgIpc) is 3.29. The van der Waals surface area contributed by atoms with Crippen LogP contribution in [0.15, 0.2) is 18.2 Å². The highest BCUT2D eigenvalue weighted by atomic mass is 16.5. The normalized spacial score (nSPS) is 14.3. The molecule has 1 aliphatic rings. The van der Waals surface area contributed by atoms with Crippen molar-refractivity contribution >= 4 is 0 Å². The summed E-state index contributed by atoms with van der Waals surface area (Å²) in [5.41, 5.74) is 1.19. The number of hydrogen-bond donors (Lipinski definition) is 1. The smallest absolute Gasteiger partial charge is 0.127 e. The van der Waals surface area contributed by atoms with Crippen LogP contribution in [0.3, 0.4) is 0 Å². The molecule has 0 spiro atoms. The molecule has 1 aromatic rings. The fourth-order valence-electron chi connectivity index (χ4n) is 1.97. The molecular formula is C16H25NO3. The lowest BCUT2D eigenvalue weighted by molar-refractivity contribution is 0.130. The fraction of sp³-hybridized carbons (Fsp3) is 0.625. The van der Waals surface area contributed by atoms with Crippen molar-refractivity contribution in [1.29, 1.82) is 0 Å². The standard InChI is InChI=1S/C16H25NO3/c1-3-19-9-4-10-20-16-11-15(18-2)8-5-13(16)12-17-14-6-7-14/h5,8,11,14,17H,3-4,6-7,9-10,12H2,1-2H3. The first-order valence-corrected chi connectivity index (χ1v) is 7.44. The molecule has 2 rings (SSSR count). The van der Waals surface area contributed by atoms with Crippen LogP contribution in [-0.4, -0.2) is 33.0 Å². The van der Waals surface area contributed by atoms with E-state index in [1.165, 1.54) is 18.4 Å². The van der Waals surface area contributed by atoms with E-state index in [1.54, 1.807) is 7.11 Å². The fourth-order valence-corrected chi connectivity index (χ4v) is 1.97. The van der Waals surface area contributed by atoms with Crippen LogP contribution in [0.25, 0.3) is 0 Å². The predicted octanol–water partition coefficient (Wildman–Crippen LogP) is 2.75.